The van der Waals surface area contributed by atoms with E-state index in [4.69, 9.17) is 0 Å². The van der Waals surface area contributed by atoms with E-state index >= 15 is 0 Å². The first-order valence-electron chi connectivity index (χ1n) is 7.48. The van der Waals surface area contributed by atoms with Crippen LogP contribution in [0, 0.1) is 5.82 Å². The van der Waals surface area contributed by atoms with Crippen LogP contribution in [0.15, 0.2) is 49.3 Å². The minimum atomic E-state index is -0.287. The normalized spacial score (nSPS) is 10.8. The highest BCUT2D eigenvalue weighted by atomic mass is 19.1. The molecular weight excluding hydrogens is 311 g/mol. The SMILES string of the molecule is CN(Cc1cnn(-c2ccc(F)cc2)c1)C(=O)CCn1cnnc1. The van der Waals surface area contributed by atoms with Crippen molar-refractivity contribution in [3.05, 3.63) is 60.7 Å². The average Bonchev–Trinajstić information content (AvgIpc) is 3.25. The highest BCUT2D eigenvalue weighted by Gasteiger charge is 2.11. The molecule has 24 heavy (non-hydrogen) atoms. The highest BCUT2D eigenvalue weighted by molar-refractivity contribution is 5.75. The number of carbonyl (C=O) groups excluding carboxylic acids is 1. The lowest BCUT2D eigenvalue weighted by Gasteiger charge is -2.16. The Morgan fingerprint density at radius 3 is 2.62 bits per heavy atom. The lowest BCUT2D eigenvalue weighted by atomic mass is 10.3. The molecule has 0 fully saturated rings. The van der Waals surface area contributed by atoms with E-state index in [9.17, 15) is 9.18 Å². The molecule has 0 saturated heterocycles. The molecule has 3 aromatic rings. The van der Waals surface area contributed by atoms with Gasteiger partial charge in [-0.2, -0.15) is 5.10 Å². The van der Waals surface area contributed by atoms with Crippen LogP contribution in [0.25, 0.3) is 5.69 Å². The maximum Gasteiger partial charge on any atom is 0.224 e. The number of aromatic nitrogens is 5. The first-order chi connectivity index (χ1) is 11.6. The second-order valence-corrected chi connectivity index (χ2v) is 5.47. The molecule has 0 aliphatic carbocycles. The van der Waals surface area contributed by atoms with Crippen molar-refractivity contribution < 1.29 is 9.18 Å². The van der Waals surface area contributed by atoms with Crippen LogP contribution in [0.4, 0.5) is 4.39 Å². The van der Waals surface area contributed by atoms with Crippen molar-refractivity contribution in [3.63, 3.8) is 0 Å². The van der Waals surface area contributed by atoms with E-state index in [1.54, 1.807) is 52.2 Å². The Morgan fingerprint density at radius 1 is 1.21 bits per heavy atom. The van der Waals surface area contributed by atoms with E-state index in [1.165, 1.54) is 12.1 Å². The predicted molar refractivity (Wildman–Crippen MR) is 84.6 cm³/mol. The molecule has 3 rings (SSSR count). The molecule has 1 amide bonds. The number of rotatable bonds is 6. The second kappa shape index (κ2) is 7.03. The largest absolute Gasteiger partial charge is 0.341 e. The zero-order valence-corrected chi connectivity index (χ0v) is 13.2. The molecule has 0 atom stereocenters. The maximum absolute atomic E-state index is 13.0. The Hall–Kier alpha value is -3.03. The van der Waals surface area contributed by atoms with Crippen LogP contribution in [0.5, 0.6) is 0 Å². The highest BCUT2D eigenvalue weighted by Crippen LogP contribution is 2.11. The van der Waals surface area contributed by atoms with Gasteiger partial charge in [-0.1, -0.05) is 0 Å². The molecule has 124 valence electrons. The lowest BCUT2D eigenvalue weighted by molar-refractivity contribution is -0.130. The number of benzene rings is 1. The molecule has 0 unspecified atom stereocenters. The Balaban J connectivity index is 1.57. The van der Waals surface area contributed by atoms with Crippen LogP contribution in [-0.2, 0) is 17.9 Å². The number of aryl methyl sites for hydroxylation is 1. The zero-order chi connectivity index (χ0) is 16.9. The monoisotopic (exact) mass is 328 g/mol. The number of amides is 1. The van der Waals surface area contributed by atoms with E-state index in [0.29, 0.717) is 19.5 Å². The van der Waals surface area contributed by atoms with Crippen LogP contribution in [-0.4, -0.2) is 42.4 Å². The van der Waals surface area contributed by atoms with Gasteiger partial charge >= 0.3 is 0 Å². The van der Waals surface area contributed by atoms with Crippen molar-refractivity contribution in [3.8, 4) is 5.69 Å². The average molecular weight is 328 g/mol. The van der Waals surface area contributed by atoms with E-state index in [-0.39, 0.29) is 11.7 Å². The summed E-state index contributed by atoms with van der Waals surface area (Å²) in [5.74, 6) is -0.261. The van der Waals surface area contributed by atoms with Crippen LogP contribution in [0.1, 0.15) is 12.0 Å². The topological polar surface area (TPSA) is 68.8 Å². The Morgan fingerprint density at radius 2 is 1.92 bits per heavy atom. The first-order valence-corrected chi connectivity index (χ1v) is 7.48. The summed E-state index contributed by atoms with van der Waals surface area (Å²) in [6.07, 6.45) is 7.07. The van der Waals surface area contributed by atoms with Crippen molar-refractivity contribution >= 4 is 5.91 Å². The van der Waals surface area contributed by atoms with Gasteiger partial charge in [-0.3, -0.25) is 4.79 Å². The van der Waals surface area contributed by atoms with Crippen LogP contribution in [0.2, 0.25) is 0 Å². The molecule has 0 radical (unpaired) electrons. The number of nitrogens with zero attached hydrogens (tertiary/aromatic N) is 6. The number of hydrogen-bond donors (Lipinski definition) is 0. The van der Waals surface area contributed by atoms with E-state index in [2.05, 4.69) is 15.3 Å². The summed E-state index contributed by atoms with van der Waals surface area (Å²) < 4.78 is 16.4. The quantitative estimate of drug-likeness (QED) is 0.690. The third-order valence-corrected chi connectivity index (χ3v) is 3.62. The summed E-state index contributed by atoms with van der Waals surface area (Å²) in [6.45, 7) is 1.01. The van der Waals surface area contributed by atoms with Gasteiger partial charge in [0, 0.05) is 38.3 Å². The molecule has 7 nitrogen and oxygen atoms in total. The Kier molecular flexibility index (Phi) is 4.64. The maximum atomic E-state index is 13.0. The van der Waals surface area contributed by atoms with Crippen LogP contribution >= 0.6 is 0 Å². The molecule has 0 aliphatic heterocycles. The summed E-state index contributed by atoms with van der Waals surface area (Å²) in [7, 11) is 1.75. The Bertz CT molecular complexity index is 796. The third-order valence-electron chi connectivity index (χ3n) is 3.62. The van der Waals surface area contributed by atoms with Gasteiger partial charge in [0.25, 0.3) is 0 Å². The molecule has 0 bridgehead atoms. The fourth-order valence-corrected chi connectivity index (χ4v) is 2.29. The number of carbonyl (C=O) groups is 1. The molecule has 0 saturated carbocycles. The van der Waals surface area contributed by atoms with Gasteiger partial charge in [0.1, 0.15) is 18.5 Å². The summed E-state index contributed by atoms with van der Waals surface area (Å²) in [5, 5.41) is 11.7. The molecular formula is C16H17FN6O. The van der Waals surface area contributed by atoms with Gasteiger partial charge in [0.2, 0.25) is 5.91 Å². The minimum Gasteiger partial charge on any atom is -0.341 e. The third kappa shape index (κ3) is 3.83. The molecule has 2 heterocycles. The fourth-order valence-electron chi connectivity index (χ4n) is 2.29. The van der Waals surface area contributed by atoms with Gasteiger partial charge in [0.05, 0.1) is 11.9 Å². The van der Waals surface area contributed by atoms with Crippen molar-refractivity contribution in [1.29, 1.82) is 0 Å². The van der Waals surface area contributed by atoms with Crippen molar-refractivity contribution in [2.45, 2.75) is 19.5 Å². The molecule has 0 spiro atoms. The molecule has 0 aliphatic rings. The smallest absolute Gasteiger partial charge is 0.224 e. The molecule has 8 heteroatoms. The lowest BCUT2D eigenvalue weighted by Crippen LogP contribution is -2.26. The minimum absolute atomic E-state index is 0.0261. The van der Waals surface area contributed by atoms with E-state index < -0.39 is 0 Å². The van der Waals surface area contributed by atoms with Crippen molar-refractivity contribution in [1.82, 2.24) is 29.4 Å². The van der Waals surface area contributed by atoms with Gasteiger partial charge in [-0.25, -0.2) is 9.07 Å². The zero-order valence-electron chi connectivity index (χ0n) is 13.2. The molecule has 1 aromatic carbocycles. The molecule has 0 N–H and O–H groups in total. The molecule has 2 aromatic heterocycles. The Labute approximate surface area is 138 Å². The van der Waals surface area contributed by atoms with Crippen molar-refractivity contribution in [2.24, 2.45) is 0 Å². The first kappa shape index (κ1) is 15.9. The second-order valence-electron chi connectivity index (χ2n) is 5.47. The number of hydrogen-bond acceptors (Lipinski definition) is 4. The van der Waals surface area contributed by atoms with E-state index in [0.717, 1.165) is 11.3 Å². The van der Waals surface area contributed by atoms with Crippen LogP contribution < -0.4 is 0 Å². The van der Waals surface area contributed by atoms with Gasteiger partial charge in [-0.15, -0.1) is 10.2 Å². The summed E-state index contributed by atoms with van der Waals surface area (Å²) in [4.78, 5) is 13.8. The van der Waals surface area contributed by atoms with Crippen molar-refractivity contribution in [2.75, 3.05) is 7.05 Å². The van der Waals surface area contributed by atoms with Gasteiger partial charge in [-0.05, 0) is 24.3 Å². The summed E-state index contributed by atoms with van der Waals surface area (Å²) in [5.41, 5.74) is 1.67. The number of halogens is 1. The fraction of sp³-hybridized carbons (Fsp3) is 0.250. The van der Waals surface area contributed by atoms with E-state index in [1.807, 2.05) is 6.20 Å². The predicted octanol–water partition coefficient (Wildman–Crippen LogP) is 1.65. The van der Waals surface area contributed by atoms with Gasteiger partial charge in [0.15, 0.2) is 0 Å². The summed E-state index contributed by atoms with van der Waals surface area (Å²) >= 11 is 0. The summed E-state index contributed by atoms with van der Waals surface area (Å²) in [6, 6.07) is 6.08. The van der Waals surface area contributed by atoms with Gasteiger partial charge < -0.3 is 9.47 Å². The van der Waals surface area contributed by atoms with Crippen LogP contribution in [0.3, 0.4) is 0 Å². The standard InChI is InChI=1S/C16H17FN6O/c1-21(16(24)6-7-22-11-18-19-12-22)9-13-8-20-23(10-13)15-4-2-14(17)3-5-15/h2-5,8,10-12H,6-7,9H2,1H3.